The molecule has 0 spiro atoms. The Morgan fingerprint density at radius 3 is 2.63 bits per heavy atom. The molecule has 1 heterocycles. The number of hydrogen-bond acceptors (Lipinski definition) is 6. The van der Waals surface area contributed by atoms with E-state index in [0.29, 0.717) is 5.56 Å². The van der Waals surface area contributed by atoms with Gasteiger partial charge in [-0.2, -0.15) is 5.10 Å². The highest BCUT2D eigenvalue weighted by molar-refractivity contribution is 6.02. The van der Waals surface area contributed by atoms with Crippen molar-refractivity contribution in [3.63, 3.8) is 0 Å². The molecule has 0 bridgehead atoms. The number of carboxylic acids is 1. The van der Waals surface area contributed by atoms with Crippen LogP contribution in [0.1, 0.15) is 39.0 Å². The summed E-state index contributed by atoms with van der Waals surface area (Å²) in [6, 6.07) is 8.31. The number of carboxylic acid groups (broad SMARTS) is 1. The standard InChI is InChI=1S/C21H22N4O5/c1-5-25-12(2)23-15-10-13(6-8-16(15)25)20(26)24-22-11-14-7-9-17(29-3)19(30-4)18(14)21(27)28/h6-11H,5H2,1-4H3,(H,24,26)(H,27,28)/b22-11-. The fraction of sp³-hybridized carbons (Fsp3) is 0.238. The Morgan fingerprint density at radius 2 is 2.00 bits per heavy atom. The molecule has 0 aliphatic carbocycles. The average Bonchev–Trinajstić information content (AvgIpc) is 3.06. The zero-order valence-electron chi connectivity index (χ0n) is 17.1. The van der Waals surface area contributed by atoms with Crippen LogP contribution in [0.4, 0.5) is 0 Å². The normalized spacial score (nSPS) is 11.1. The van der Waals surface area contributed by atoms with Crippen LogP contribution in [0.5, 0.6) is 11.5 Å². The molecule has 0 atom stereocenters. The van der Waals surface area contributed by atoms with Gasteiger partial charge in [0.2, 0.25) is 0 Å². The lowest BCUT2D eigenvalue weighted by atomic mass is 10.1. The number of carbonyl (C=O) groups is 2. The molecule has 0 radical (unpaired) electrons. The highest BCUT2D eigenvalue weighted by atomic mass is 16.5. The van der Waals surface area contributed by atoms with E-state index in [2.05, 4.69) is 20.1 Å². The van der Waals surface area contributed by atoms with Gasteiger partial charge in [-0.1, -0.05) is 0 Å². The van der Waals surface area contributed by atoms with Gasteiger partial charge in [0.25, 0.3) is 5.91 Å². The molecule has 30 heavy (non-hydrogen) atoms. The summed E-state index contributed by atoms with van der Waals surface area (Å²) in [6.45, 7) is 4.73. The first-order chi connectivity index (χ1) is 14.4. The van der Waals surface area contributed by atoms with Gasteiger partial charge in [0.05, 0.1) is 31.5 Å². The topological polar surface area (TPSA) is 115 Å². The van der Waals surface area contributed by atoms with Gasteiger partial charge in [-0.3, -0.25) is 4.79 Å². The minimum absolute atomic E-state index is 0.0765. The van der Waals surface area contributed by atoms with E-state index in [0.717, 1.165) is 23.4 Å². The first-order valence-electron chi connectivity index (χ1n) is 9.19. The number of rotatable bonds is 7. The van der Waals surface area contributed by atoms with Crippen molar-refractivity contribution < 1.29 is 24.2 Å². The van der Waals surface area contributed by atoms with Crippen LogP contribution in [0.15, 0.2) is 35.4 Å². The SMILES string of the molecule is CCn1c(C)nc2cc(C(=O)N/N=C\c3ccc(OC)c(OC)c3C(=O)O)ccc21. The third-order valence-corrected chi connectivity index (χ3v) is 4.68. The third-order valence-electron chi connectivity index (χ3n) is 4.68. The molecule has 3 aromatic rings. The lowest BCUT2D eigenvalue weighted by Crippen LogP contribution is -2.18. The van der Waals surface area contributed by atoms with Crippen molar-refractivity contribution in [1.82, 2.24) is 15.0 Å². The number of carbonyl (C=O) groups excluding carboxylic acids is 1. The first-order valence-corrected chi connectivity index (χ1v) is 9.19. The van der Waals surface area contributed by atoms with E-state index < -0.39 is 11.9 Å². The highest BCUT2D eigenvalue weighted by Crippen LogP contribution is 2.32. The van der Waals surface area contributed by atoms with Gasteiger partial charge in [0.1, 0.15) is 11.4 Å². The maximum absolute atomic E-state index is 12.5. The smallest absolute Gasteiger partial charge is 0.340 e. The summed E-state index contributed by atoms with van der Waals surface area (Å²) >= 11 is 0. The van der Waals surface area contributed by atoms with Crippen molar-refractivity contribution in [3.8, 4) is 11.5 Å². The zero-order valence-corrected chi connectivity index (χ0v) is 17.1. The number of hydrazone groups is 1. The number of nitrogens with one attached hydrogen (secondary N) is 1. The number of nitrogens with zero attached hydrogens (tertiary/aromatic N) is 3. The van der Waals surface area contributed by atoms with Crippen molar-refractivity contribution in [1.29, 1.82) is 0 Å². The van der Waals surface area contributed by atoms with Gasteiger partial charge in [0, 0.05) is 17.7 Å². The number of benzene rings is 2. The van der Waals surface area contributed by atoms with E-state index >= 15 is 0 Å². The van der Waals surface area contributed by atoms with Crippen LogP contribution < -0.4 is 14.9 Å². The molecule has 0 saturated heterocycles. The van der Waals surface area contributed by atoms with E-state index in [9.17, 15) is 14.7 Å². The lowest BCUT2D eigenvalue weighted by molar-refractivity contribution is 0.0692. The number of aromatic carboxylic acids is 1. The second-order valence-corrected chi connectivity index (χ2v) is 6.38. The Morgan fingerprint density at radius 1 is 1.23 bits per heavy atom. The summed E-state index contributed by atoms with van der Waals surface area (Å²) in [6.07, 6.45) is 1.25. The Labute approximate surface area is 172 Å². The number of fused-ring (bicyclic) bond motifs is 1. The van der Waals surface area contributed by atoms with Gasteiger partial charge >= 0.3 is 5.97 Å². The number of ether oxygens (including phenoxy) is 2. The van der Waals surface area contributed by atoms with Crippen molar-refractivity contribution in [3.05, 3.63) is 52.8 Å². The lowest BCUT2D eigenvalue weighted by Gasteiger charge is -2.12. The van der Waals surface area contributed by atoms with Gasteiger partial charge in [0.15, 0.2) is 11.5 Å². The van der Waals surface area contributed by atoms with Crippen LogP contribution in [-0.4, -0.2) is 47.0 Å². The molecule has 156 valence electrons. The highest BCUT2D eigenvalue weighted by Gasteiger charge is 2.20. The monoisotopic (exact) mass is 410 g/mol. The molecular formula is C21H22N4O5. The van der Waals surface area contributed by atoms with Gasteiger partial charge < -0.3 is 19.1 Å². The fourth-order valence-corrected chi connectivity index (χ4v) is 3.29. The van der Waals surface area contributed by atoms with E-state index in [-0.39, 0.29) is 22.6 Å². The summed E-state index contributed by atoms with van der Waals surface area (Å²) in [4.78, 5) is 28.6. The Kier molecular flexibility index (Phi) is 6.01. The predicted octanol–water partition coefficient (Wildman–Crippen LogP) is 2.84. The molecule has 0 aliphatic heterocycles. The molecule has 9 heteroatoms. The molecule has 0 aliphatic rings. The van der Waals surface area contributed by atoms with Crippen LogP contribution in [0.2, 0.25) is 0 Å². The molecular weight excluding hydrogens is 388 g/mol. The van der Waals surface area contributed by atoms with Crippen LogP contribution >= 0.6 is 0 Å². The second-order valence-electron chi connectivity index (χ2n) is 6.38. The zero-order chi connectivity index (χ0) is 21.8. The summed E-state index contributed by atoms with van der Waals surface area (Å²) in [7, 11) is 2.77. The van der Waals surface area contributed by atoms with Crippen LogP contribution in [-0.2, 0) is 6.54 Å². The number of aromatic nitrogens is 2. The largest absolute Gasteiger partial charge is 0.493 e. The molecule has 1 amide bonds. The summed E-state index contributed by atoms with van der Waals surface area (Å²) < 4.78 is 12.3. The number of aryl methyl sites for hydroxylation is 2. The minimum Gasteiger partial charge on any atom is -0.493 e. The number of imidazole rings is 1. The average molecular weight is 410 g/mol. The number of amides is 1. The molecule has 2 N–H and O–H groups in total. The first kappa shape index (κ1) is 20.8. The van der Waals surface area contributed by atoms with Crippen molar-refractivity contribution in [2.24, 2.45) is 5.10 Å². The van der Waals surface area contributed by atoms with E-state index in [4.69, 9.17) is 9.47 Å². The predicted molar refractivity (Wildman–Crippen MR) is 112 cm³/mol. The van der Waals surface area contributed by atoms with Crippen LogP contribution in [0.3, 0.4) is 0 Å². The van der Waals surface area contributed by atoms with Crippen molar-refractivity contribution in [2.45, 2.75) is 20.4 Å². The number of methoxy groups -OCH3 is 2. The molecule has 0 fully saturated rings. The van der Waals surface area contributed by atoms with Crippen LogP contribution in [0, 0.1) is 6.92 Å². The van der Waals surface area contributed by atoms with Crippen molar-refractivity contribution >= 4 is 29.1 Å². The van der Waals surface area contributed by atoms with Gasteiger partial charge in [-0.05, 0) is 44.2 Å². The second kappa shape index (κ2) is 8.64. The quantitative estimate of drug-likeness (QED) is 0.457. The van der Waals surface area contributed by atoms with Gasteiger partial charge in [-0.25, -0.2) is 15.2 Å². The summed E-state index contributed by atoms with van der Waals surface area (Å²) in [5.74, 6) is -0.406. The molecule has 9 nitrogen and oxygen atoms in total. The molecule has 0 saturated carbocycles. The van der Waals surface area contributed by atoms with Gasteiger partial charge in [-0.15, -0.1) is 0 Å². The van der Waals surface area contributed by atoms with Crippen LogP contribution in [0.25, 0.3) is 11.0 Å². The van der Waals surface area contributed by atoms with E-state index in [1.807, 2.05) is 19.9 Å². The number of hydrogen-bond donors (Lipinski definition) is 2. The van der Waals surface area contributed by atoms with E-state index in [1.54, 1.807) is 18.2 Å². The molecule has 3 rings (SSSR count). The molecule has 1 aromatic heterocycles. The maximum Gasteiger partial charge on any atom is 0.340 e. The Balaban J connectivity index is 1.84. The van der Waals surface area contributed by atoms with E-state index in [1.165, 1.54) is 26.5 Å². The Bertz CT molecular complexity index is 1150. The van der Waals surface area contributed by atoms with Crippen molar-refractivity contribution in [2.75, 3.05) is 14.2 Å². The fourth-order valence-electron chi connectivity index (χ4n) is 3.29. The third kappa shape index (κ3) is 3.82. The summed E-state index contributed by atoms with van der Waals surface area (Å²) in [5.41, 5.74) is 4.62. The molecule has 0 unspecified atom stereocenters. The minimum atomic E-state index is -1.20. The maximum atomic E-state index is 12.5. The summed E-state index contributed by atoms with van der Waals surface area (Å²) in [5, 5.41) is 13.4. The molecule has 2 aromatic carbocycles. The Hall–Kier alpha value is -3.88.